The van der Waals surface area contributed by atoms with Gasteiger partial charge in [-0.15, -0.1) is 0 Å². The SMILES string of the molecule is Cc1nn(-c2ccc(F)cc2)c2nc(-c3ccccc3)cc(C(=O)O)c12. The lowest BCUT2D eigenvalue weighted by Gasteiger charge is -2.07. The molecule has 4 rings (SSSR count). The minimum Gasteiger partial charge on any atom is -0.478 e. The predicted molar refractivity (Wildman–Crippen MR) is 96.0 cm³/mol. The molecule has 0 saturated heterocycles. The highest BCUT2D eigenvalue weighted by Crippen LogP contribution is 2.28. The van der Waals surface area contributed by atoms with Crippen LogP contribution in [0.15, 0.2) is 60.7 Å². The Morgan fingerprint density at radius 3 is 2.42 bits per heavy atom. The number of pyridine rings is 1. The van der Waals surface area contributed by atoms with Crippen LogP contribution in [0.5, 0.6) is 0 Å². The monoisotopic (exact) mass is 347 g/mol. The van der Waals surface area contributed by atoms with E-state index in [0.717, 1.165) is 5.56 Å². The van der Waals surface area contributed by atoms with Crippen LogP contribution in [-0.2, 0) is 0 Å². The van der Waals surface area contributed by atoms with E-state index >= 15 is 0 Å². The van der Waals surface area contributed by atoms with Crippen LogP contribution in [0, 0.1) is 12.7 Å². The van der Waals surface area contributed by atoms with Crippen molar-refractivity contribution in [3.63, 3.8) is 0 Å². The van der Waals surface area contributed by atoms with Crippen molar-refractivity contribution in [3.8, 4) is 16.9 Å². The number of nitrogens with zero attached hydrogens (tertiary/aromatic N) is 3. The molecule has 2 aromatic heterocycles. The van der Waals surface area contributed by atoms with Crippen molar-refractivity contribution < 1.29 is 14.3 Å². The number of aromatic carboxylic acids is 1. The molecule has 0 aliphatic heterocycles. The summed E-state index contributed by atoms with van der Waals surface area (Å²) in [6.07, 6.45) is 0. The third-order valence-corrected chi connectivity index (χ3v) is 4.18. The molecule has 0 fully saturated rings. The van der Waals surface area contributed by atoms with E-state index in [1.807, 2.05) is 30.3 Å². The summed E-state index contributed by atoms with van der Waals surface area (Å²) in [5.74, 6) is -1.40. The second kappa shape index (κ2) is 6.07. The zero-order chi connectivity index (χ0) is 18.3. The molecule has 1 N–H and O–H groups in total. The zero-order valence-electron chi connectivity index (χ0n) is 13.8. The van der Waals surface area contributed by atoms with Gasteiger partial charge in [0.15, 0.2) is 5.65 Å². The molecule has 0 spiro atoms. The maximum absolute atomic E-state index is 13.3. The second-order valence-corrected chi connectivity index (χ2v) is 5.90. The normalized spacial score (nSPS) is 11.0. The number of rotatable bonds is 3. The summed E-state index contributed by atoms with van der Waals surface area (Å²) in [7, 11) is 0. The van der Waals surface area contributed by atoms with Crippen molar-refractivity contribution in [1.82, 2.24) is 14.8 Å². The summed E-state index contributed by atoms with van der Waals surface area (Å²) in [5.41, 5.74) is 3.07. The average molecular weight is 347 g/mol. The number of hydrogen-bond acceptors (Lipinski definition) is 3. The summed E-state index contributed by atoms with van der Waals surface area (Å²) in [6.45, 7) is 1.73. The molecule has 6 heteroatoms. The highest BCUT2D eigenvalue weighted by molar-refractivity contribution is 6.04. The van der Waals surface area contributed by atoms with E-state index in [2.05, 4.69) is 10.1 Å². The molecule has 4 aromatic rings. The molecule has 0 saturated carbocycles. The maximum Gasteiger partial charge on any atom is 0.336 e. The molecule has 26 heavy (non-hydrogen) atoms. The van der Waals surface area contributed by atoms with Crippen LogP contribution in [0.4, 0.5) is 4.39 Å². The van der Waals surface area contributed by atoms with Crippen molar-refractivity contribution in [2.45, 2.75) is 6.92 Å². The number of aryl methyl sites for hydroxylation is 1. The first-order valence-corrected chi connectivity index (χ1v) is 7.99. The topological polar surface area (TPSA) is 68.0 Å². The van der Waals surface area contributed by atoms with Gasteiger partial charge < -0.3 is 5.11 Å². The van der Waals surface area contributed by atoms with Crippen LogP contribution >= 0.6 is 0 Å². The Balaban J connectivity index is 2.04. The van der Waals surface area contributed by atoms with Gasteiger partial charge >= 0.3 is 5.97 Å². The van der Waals surface area contributed by atoms with Gasteiger partial charge in [-0.3, -0.25) is 0 Å². The number of carboxylic acid groups (broad SMARTS) is 1. The molecule has 5 nitrogen and oxygen atoms in total. The number of benzene rings is 2. The lowest BCUT2D eigenvalue weighted by atomic mass is 10.1. The van der Waals surface area contributed by atoms with Crippen molar-refractivity contribution >= 4 is 17.0 Å². The molecule has 0 aliphatic rings. The lowest BCUT2D eigenvalue weighted by molar-refractivity contribution is 0.0699. The molecule has 0 bridgehead atoms. The van der Waals surface area contributed by atoms with Gasteiger partial charge in [0.25, 0.3) is 0 Å². The van der Waals surface area contributed by atoms with Crippen molar-refractivity contribution in [2.24, 2.45) is 0 Å². The van der Waals surface area contributed by atoms with Gasteiger partial charge in [0.05, 0.1) is 28.0 Å². The Morgan fingerprint density at radius 1 is 1.08 bits per heavy atom. The fourth-order valence-corrected chi connectivity index (χ4v) is 2.98. The van der Waals surface area contributed by atoms with E-state index in [9.17, 15) is 14.3 Å². The molecule has 0 amide bonds. The number of fused-ring (bicyclic) bond motifs is 1. The van der Waals surface area contributed by atoms with E-state index < -0.39 is 5.97 Å². The molecule has 0 atom stereocenters. The Hall–Kier alpha value is -3.54. The van der Waals surface area contributed by atoms with E-state index in [4.69, 9.17) is 0 Å². The number of carbonyl (C=O) groups is 1. The summed E-state index contributed by atoms with van der Waals surface area (Å²) in [5, 5.41) is 14.6. The van der Waals surface area contributed by atoms with Crippen LogP contribution in [0.3, 0.4) is 0 Å². The largest absolute Gasteiger partial charge is 0.478 e. The van der Waals surface area contributed by atoms with Gasteiger partial charge in [0, 0.05) is 5.56 Å². The van der Waals surface area contributed by atoms with E-state index in [-0.39, 0.29) is 11.4 Å². The summed E-state index contributed by atoms with van der Waals surface area (Å²) >= 11 is 0. The quantitative estimate of drug-likeness (QED) is 0.602. The van der Waals surface area contributed by atoms with Gasteiger partial charge in [-0.1, -0.05) is 30.3 Å². The van der Waals surface area contributed by atoms with Crippen molar-refractivity contribution in [1.29, 1.82) is 0 Å². The number of carboxylic acids is 1. The van der Waals surface area contributed by atoms with E-state index in [0.29, 0.717) is 28.1 Å². The molecule has 0 radical (unpaired) electrons. The molecular formula is C20H14FN3O2. The number of hydrogen-bond donors (Lipinski definition) is 1. The zero-order valence-corrected chi connectivity index (χ0v) is 13.8. The summed E-state index contributed by atoms with van der Waals surface area (Å²) in [6, 6.07) is 16.7. The minimum atomic E-state index is -1.05. The standard InChI is InChI=1S/C20H14FN3O2/c1-12-18-16(20(25)26)11-17(13-5-3-2-4-6-13)22-19(18)24(23-12)15-9-7-14(21)8-10-15/h2-11H,1H3,(H,25,26). The predicted octanol–water partition coefficient (Wildman–Crippen LogP) is 4.23. The maximum atomic E-state index is 13.3. The minimum absolute atomic E-state index is 0.139. The summed E-state index contributed by atoms with van der Waals surface area (Å²) in [4.78, 5) is 16.5. The highest BCUT2D eigenvalue weighted by atomic mass is 19.1. The first-order chi connectivity index (χ1) is 12.5. The van der Waals surface area contributed by atoms with Crippen LogP contribution in [-0.4, -0.2) is 25.8 Å². The molecule has 2 aromatic carbocycles. The van der Waals surface area contributed by atoms with Gasteiger partial charge in [-0.2, -0.15) is 5.10 Å². The molecule has 0 unspecified atom stereocenters. The van der Waals surface area contributed by atoms with Crippen molar-refractivity contribution in [2.75, 3.05) is 0 Å². The fraction of sp³-hybridized carbons (Fsp3) is 0.0500. The van der Waals surface area contributed by atoms with Gasteiger partial charge in [-0.05, 0) is 37.3 Å². The third kappa shape index (κ3) is 2.61. The fourth-order valence-electron chi connectivity index (χ4n) is 2.98. The van der Waals surface area contributed by atoms with Crippen LogP contribution in [0.25, 0.3) is 28.0 Å². The lowest BCUT2D eigenvalue weighted by Crippen LogP contribution is -2.02. The summed E-state index contributed by atoms with van der Waals surface area (Å²) < 4.78 is 14.8. The Bertz CT molecular complexity index is 1120. The first kappa shape index (κ1) is 16.0. The highest BCUT2D eigenvalue weighted by Gasteiger charge is 2.20. The van der Waals surface area contributed by atoms with E-state index in [1.165, 1.54) is 12.1 Å². The Morgan fingerprint density at radius 2 is 1.77 bits per heavy atom. The van der Waals surface area contributed by atoms with Gasteiger partial charge in [0.2, 0.25) is 0 Å². The molecule has 128 valence electrons. The van der Waals surface area contributed by atoms with Gasteiger partial charge in [-0.25, -0.2) is 18.9 Å². The van der Waals surface area contributed by atoms with Crippen molar-refractivity contribution in [3.05, 3.63) is 77.7 Å². The third-order valence-electron chi connectivity index (χ3n) is 4.18. The number of aromatic nitrogens is 3. The molecule has 0 aliphatic carbocycles. The Labute approximate surface area is 148 Å². The van der Waals surface area contributed by atoms with Crippen LogP contribution in [0.1, 0.15) is 16.1 Å². The van der Waals surface area contributed by atoms with Gasteiger partial charge in [0.1, 0.15) is 5.82 Å². The second-order valence-electron chi connectivity index (χ2n) is 5.90. The smallest absolute Gasteiger partial charge is 0.336 e. The first-order valence-electron chi connectivity index (χ1n) is 7.99. The molecular weight excluding hydrogens is 333 g/mol. The Kier molecular flexibility index (Phi) is 3.73. The van der Waals surface area contributed by atoms with Crippen LogP contribution < -0.4 is 0 Å². The number of halogens is 1. The van der Waals surface area contributed by atoms with Crippen LogP contribution in [0.2, 0.25) is 0 Å². The average Bonchev–Trinajstić information content (AvgIpc) is 2.99. The molecule has 2 heterocycles. The van der Waals surface area contributed by atoms with E-state index in [1.54, 1.807) is 29.8 Å².